The fourth-order valence-electron chi connectivity index (χ4n) is 2.29. The number of hydrogen-bond acceptors (Lipinski definition) is 4. The van der Waals surface area contributed by atoms with Gasteiger partial charge in [0.15, 0.2) is 0 Å². The quantitative estimate of drug-likeness (QED) is 0.789. The highest BCUT2D eigenvalue weighted by Gasteiger charge is 2.24. The molecule has 1 aromatic heterocycles. The lowest BCUT2D eigenvalue weighted by molar-refractivity contribution is 0.1000. The fraction of sp³-hybridized carbons (Fsp3) is 0.500. The van der Waals surface area contributed by atoms with E-state index in [1.165, 1.54) is 12.8 Å². The molecule has 1 aliphatic heterocycles. The molecule has 0 radical (unpaired) electrons. The van der Waals surface area contributed by atoms with Crippen molar-refractivity contribution in [2.24, 2.45) is 5.73 Å². The van der Waals surface area contributed by atoms with Crippen molar-refractivity contribution in [1.82, 2.24) is 10.3 Å². The number of carbonyl (C=O) groups is 1. The van der Waals surface area contributed by atoms with Gasteiger partial charge in [-0.05, 0) is 32.0 Å². The lowest BCUT2D eigenvalue weighted by Crippen LogP contribution is -2.37. The Balaban J connectivity index is 2.13. The Kier molecular flexibility index (Phi) is 3.58. The second-order valence-corrected chi connectivity index (χ2v) is 4.32. The van der Waals surface area contributed by atoms with Crippen LogP contribution in [-0.2, 0) is 0 Å². The zero-order valence-corrected chi connectivity index (χ0v) is 10.0. The van der Waals surface area contributed by atoms with Crippen LogP contribution in [0.2, 0.25) is 0 Å². The molecule has 1 aliphatic rings. The van der Waals surface area contributed by atoms with Gasteiger partial charge in [0.05, 0.1) is 5.56 Å². The lowest BCUT2D eigenvalue weighted by Gasteiger charge is -2.25. The zero-order valence-electron chi connectivity index (χ0n) is 10.0. The number of likely N-dealkylation sites (N-methyl/N-ethyl adjacent to an activating group) is 1. The van der Waals surface area contributed by atoms with Gasteiger partial charge in [0.25, 0.3) is 0 Å². The van der Waals surface area contributed by atoms with E-state index < -0.39 is 5.91 Å². The SMILES string of the molecule is CNCC1CCCN1c1ccc(C(N)=O)cn1. The average Bonchev–Trinajstić information content (AvgIpc) is 2.78. The van der Waals surface area contributed by atoms with Gasteiger partial charge in [0.1, 0.15) is 5.82 Å². The van der Waals surface area contributed by atoms with Crippen molar-refractivity contribution in [3.05, 3.63) is 23.9 Å². The summed E-state index contributed by atoms with van der Waals surface area (Å²) in [5.74, 6) is 0.491. The van der Waals surface area contributed by atoms with Crippen LogP contribution in [0.4, 0.5) is 5.82 Å². The Morgan fingerprint density at radius 2 is 2.47 bits per heavy atom. The van der Waals surface area contributed by atoms with Crippen LogP contribution < -0.4 is 16.0 Å². The number of hydrogen-bond donors (Lipinski definition) is 2. The molecule has 2 heterocycles. The molecule has 0 spiro atoms. The second-order valence-electron chi connectivity index (χ2n) is 4.32. The van der Waals surface area contributed by atoms with E-state index in [4.69, 9.17) is 5.73 Å². The molecule has 17 heavy (non-hydrogen) atoms. The summed E-state index contributed by atoms with van der Waals surface area (Å²) < 4.78 is 0. The van der Waals surface area contributed by atoms with E-state index in [0.29, 0.717) is 11.6 Å². The maximum Gasteiger partial charge on any atom is 0.250 e. The Morgan fingerprint density at radius 1 is 1.65 bits per heavy atom. The second kappa shape index (κ2) is 5.14. The Bertz CT molecular complexity index is 390. The largest absolute Gasteiger partial charge is 0.366 e. The van der Waals surface area contributed by atoms with Gasteiger partial charge in [-0.2, -0.15) is 0 Å². The predicted octanol–water partition coefficient (Wildman–Crippen LogP) is 0.369. The number of aromatic nitrogens is 1. The zero-order chi connectivity index (χ0) is 12.3. The summed E-state index contributed by atoms with van der Waals surface area (Å²) in [6.07, 6.45) is 3.91. The Hall–Kier alpha value is -1.62. The molecule has 1 saturated heterocycles. The van der Waals surface area contributed by atoms with E-state index in [9.17, 15) is 4.79 Å². The summed E-state index contributed by atoms with van der Waals surface area (Å²) in [6, 6.07) is 4.10. The van der Waals surface area contributed by atoms with E-state index in [1.807, 2.05) is 13.1 Å². The number of anilines is 1. The van der Waals surface area contributed by atoms with Crippen LogP contribution in [0.1, 0.15) is 23.2 Å². The first-order valence-electron chi connectivity index (χ1n) is 5.89. The van der Waals surface area contributed by atoms with Crippen LogP contribution in [-0.4, -0.2) is 37.1 Å². The molecule has 3 N–H and O–H groups in total. The molecule has 1 fully saturated rings. The van der Waals surface area contributed by atoms with E-state index in [2.05, 4.69) is 15.2 Å². The third-order valence-electron chi connectivity index (χ3n) is 3.14. The van der Waals surface area contributed by atoms with E-state index in [1.54, 1.807) is 12.3 Å². The van der Waals surface area contributed by atoms with Crippen molar-refractivity contribution in [3.63, 3.8) is 0 Å². The highest BCUT2D eigenvalue weighted by atomic mass is 16.1. The van der Waals surface area contributed by atoms with Gasteiger partial charge < -0.3 is 16.0 Å². The fourth-order valence-corrected chi connectivity index (χ4v) is 2.29. The first-order chi connectivity index (χ1) is 8.22. The number of pyridine rings is 1. The minimum Gasteiger partial charge on any atom is -0.366 e. The number of primary amides is 1. The van der Waals surface area contributed by atoms with Gasteiger partial charge in [-0.25, -0.2) is 4.98 Å². The van der Waals surface area contributed by atoms with Gasteiger partial charge in [-0.3, -0.25) is 4.79 Å². The van der Waals surface area contributed by atoms with Crippen LogP contribution in [0, 0.1) is 0 Å². The monoisotopic (exact) mass is 234 g/mol. The van der Waals surface area contributed by atoms with Gasteiger partial charge in [-0.15, -0.1) is 0 Å². The third kappa shape index (κ3) is 2.55. The van der Waals surface area contributed by atoms with Gasteiger partial charge >= 0.3 is 0 Å². The van der Waals surface area contributed by atoms with Gasteiger partial charge in [0, 0.05) is 25.3 Å². The molecule has 5 heteroatoms. The summed E-state index contributed by atoms with van der Waals surface area (Å²) in [4.78, 5) is 17.5. The Labute approximate surface area is 101 Å². The third-order valence-corrected chi connectivity index (χ3v) is 3.14. The maximum atomic E-state index is 11.0. The molecule has 1 unspecified atom stereocenters. The normalized spacial score (nSPS) is 19.6. The van der Waals surface area contributed by atoms with Crippen LogP contribution in [0.15, 0.2) is 18.3 Å². The smallest absolute Gasteiger partial charge is 0.250 e. The number of carbonyl (C=O) groups excluding carboxylic acids is 1. The standard InChI is InChI=1S/C12H18N4O/c1-14-8-10-3-2-6-16(10)11-5-4-9(7-15-11)12(13)17/h4-5,7,10,14H,2-3,6,8H2,1H3,(H2,13,17). The average molecular weight is 234 g/mol. The van der Waals surface area contributed by atoms with E-state index in [0.717, 1.165) is 18.9 Å². The summed E-state index contributed by atoms with van der Waals surface area (Å²) >= 11 is 0. The molecule has 5 nitrogen and oxygen atoms in total. The molecule has 0 saturated carbocycles. The molecule has 2 rings (SSSR count). The molecule has 1 amide bonds. The van der Waals surface area contributed by atoms with Crippen molar-refractivity contribution in [1.29, 1.82) is 0 Å². The number of nitrogens with zero attached hydrogens (tertiary/aromatic N) is 2. The minimum absolute atomic E-state index is 0.433. The highest BCUT2D eigenvalue weighted by Crippen LogP contribution is 2.23. The first kappa shape index (κ1) is 11.9. The van der Waals surface area contributed by atoms with Crippen molar-refractivity contribution in [2.45, 2.75) is 18.9 Å². The van der Waals surface area contributed by atoms with E-state index >= 15 is 0 Å². The summed E-state index contributed by atoms with van der Waals surface area (Å²) in [6.45, 7) is 1.98. The molecule has 1 aromatic rings. The molecule has 0 bridgehead atoms. The van der Waals surface area contributed by atoms with Gasteiger partial charge in [0.2, 0.25) is 5.91 Å². The molecular formula is C12H18N4O. The van der Waals surface area contributed by atoms with Crippen molar-refractivity contribution >= 4 is 11.7 Å². The molecule has 1 atom stereocenters. The van der Waals surface area contributed by atoms with Crippen LogP contribution in [0.3, 0.4) is 0 Å². The molecule has 92 valence electrons. The van der Waals surface area contributed by atoms with Crippen molar-refractivity contribution in [3.8, 4) is 0 Å². The number of amides is 1. The number of nitrogens with one attached hydrogen (secondary N) is 1. The number of rotatable bonds is 4. The summed E-state index contributed by atoms with van der Waals surface area (Å²) in [5, 5.41) is 3.20. The van der Waals surface area contributed by atoms with E-state index in [-0.39, 0.29) is 0 Å². The highest BCUT2D eigenvalue weighted by molar-refractivity contribution is 5.92. The topological polar surface area (TPSA) is 71.2 Å². The minimum atomic E-state index is -0.433. The first-order valence-corrected chi connectivity index (χ1v) is 5.89. The van der Waals surface area contributed by atoms with Crippen molar-refractivity contribution in [2.75, 3.05) is 25.0 Å². The molecule has 0 aromatic carbocycles. The predicted molar refractivity (Wildman–Crippen MR) is 67.0 cm³/mol. The number of nitrogens with two attached hydrogens (primary N) is 1. The lowest BCUT2D eigenvalue weighted by atomic mass is 10.2. The van der Waals surface area contributed by atoms with Gasteiger partial charge in [-0.1, -0.05) is 0 Å². The summed E-state index contributed by atoms with van der Waals surface area (Å²) in [5.41, 5.74) is 5.65. The van der Waals surface area contributed by atoms with Crippen LogP contribution >= 0.6 is 0 Å². The van der Waals surface area contributed by atoms with Crippen LogP contribution in [0.5, 0.6) is 0 Å². The van der Waals surface area contributed by atoms with Crippen LogP contribution in [0.25, 0.3) is 0 Å². The summed E-state index contributed by atoms with van der Waals surface area (Å²) in [7, 11) is 1.96. The molecular weight excluding hydrogens is 216 g/mol. The molecule has 0 aliphatic carbocycles. The Morgan fingerprint density at radius 3 is 3.06 bits per heavy atom. The maximum absolute atomic E-state index is 11.0. The van der Waals surface area contributed by atoms with Crippen molar-refractivity contribution < 1.29 is 4.79 Å².